The van der Waals surface area contributed by atoms with Gasteiger partial charge in [0, 0.05) is 6.04 Å². The predicted molar refractivity (Wildman–Crippen MR) is 73.4 cm³/mol. The van der Waals surface area contributed by atoms with Crippen molar-refractivity contribution in [2.45, 2.75) is 60.1 Å². The SMILES string of the molecule is CCCNC(COCCOC(C)C)C(C)(C)C. The Kier molecular flexibility index (Phi) is 8.83. The molecule has 0 rings (SSSR count). The van der Waals surface area contributed by atoms with Crippen molar-refractivity contribution >= 4 is 0 Å². The van der Waals surface area contributed by atoms with Crippen molar-refractivity contribution in [1.82, 2.24) is 5.32 Å². The van der Waals surface area contributed by atoms with E-state index in [0.717, 1.165) is 19.6 Å². The maximum atomic E-state index is 5.68. The van der Waals surface area contributed by atoms with E-state index < -0.39 is 0 Å². The van der Waals surface area contributed by atoms with E-state index in [1.807, 2.05) is 13.8 Å². The Balaban J connectivity index is 3.76. The predicted octanol–water partition coefficient (Wildman–Crippen LogP) is 2.84. The Hall–Kier alpha value is -0.120. The van der Waals surface area contributed by atoms with Crippen LogP contribution in [-0.4, -0.2) is 38.5 Å². The normalized spacial score (nSPS) is 14.3. The van der Waals surface area contributed by atoms with Crippen LogP contribution >= 0.6 is 0 Å². The molecule has 0 saturated heterocycles. The van der Waals surface area contributed by atoms with Crippen LogP contribution in [0.5, 0.6) is 0 Å². The highest BCUT2D eigenvalue weighted by Crippen LogP contribution is 2.19. The monoisotopic (exact) mass is 245 g/mol. The topological polar surface area (TPSA) is 30.5 Å². The van der Waals surface area contributed by atoms with Gasteiger partial charge in [-0.25, -0.2) is 0 Å². The van der Waals surface area contributed by atoms with E-state index in [1.54, 1.807) is 0 Å². The van der Waals surface area contributed by atoms with Crippen molar-refractivity contribution in [1.29, 1.82) is 0 Å². The highest BCUT2D eigenvalue weighted by molar-refractivity contribution is 4.80. The molecule has 0 radical (unpaired) electrons. The van der Waals surface area contributed by atoms with E-state index in [-0.39, 0.29) is 11.5 Å². The van der Waals surface area contributed by atoms with Crippen LogP contribution in [-0.2, 0) is 9.47 Å². The first-order chi connectivity index (χ1) is 7.88. The maximum Gasteiger partial charge on any atom is 0.0703 e. The van der Waals surface area contributed by atoms with Gasteiger partial charge in [-0.05, 0) is 32.2 Å². The van der Waals surface area contributed by atoms with Crippen LogP contribution in [0.15, 0.2) is 0 Å². The number of rotatable bonds is 9. The summed E-state index contributed by atoms with van der Waals surface area (Å²) >= 11 is 0. The summed E-state index contributed by atoms with van der Waals surface area (Å²) in [7, 11) is 0. The smallest absolute Gasteiger partial charge is 0.0703 e. The zero-order chi connectivity index (χ0) is 13.3. The summed E-state index contributed by atoms with van der Waals surface area (Å²) in [5.41, 5.74) is 0.230. The second-order valence-electron chi connectivity index (χ2n) is 5.87. The third-order valence-corrected chi connectivity index (χ3v) is 2.65. The van der Waals surface area contributed by atoms with Gasteiger partial charge < -0.3 is 14.8 Å². The van der Waals surface area contributed by atoms with Crippen LogP contribution < -0.4 is 5.32 Å². The molecule has 1 N–H and O–H groups in total. The zero-order valence-electron chi connectivity index (χ0n) is 12.5. The summed E-state index contributed by atoms with van der Waals surface area (Å²) in [5.74, 6) is 0. The number of hydrogen-bond acceptors (Lipinski definition) is 3. The van der Waals surface area contributed by atoms with Gasteiger partial charge in [0.15, 0.2) is 0 Å². The second kappa shape index (κ2) is 8.90. The summed E-state index contributed by atoms with van der Waals surface area (Å²) in [6, 6.07) is 0.404. The Labute approximate surface area is 107 Å². The van der Waals surface area contributed by atoms with E-state index in [1.165, 1.54) is 0 Å². The Morgan fingerprint density at radius 3 is 2.24 bits per heavy atom. The molecule has 0 heterocycles. The van der Waals surface area contributed by atoms with Crippen LogP contribution in [0.3, 0.4) is 0 Å². The summed E-state index contributed by atoms with van der Waals surface area (Å²) in [6.45, 7) is 16.2. The molecule has 1 atom stereocenters. The first-order valence-electron chi connectivity index (χ1n) is 6.80. The van der Waals surface area contributed by atoms with Gasteiger partial charge in [-0.1, -0.05) is 27.7 Å². The minimum absolute atomic E-state index is 0.230. The second-order valence-corrected chi connectivity index (χ2v) is 5.87. The van der Waals surface area contributed by atoms with Crippen LogP contribution in [0.2, 0.25) is 0 Å². The van der Waals surface area contributed by atoms with Gasteiger partial charge in [-0.15, -0.1) is 0 Å². The van der Waals surface area contributed by atoms with Crippen LogP contribution in [0.1, 0.15) is 48.0 Å². The minimum atomic E-state index is 0.230. The van der Waals surface area contributed by atoms with Gasteiger partial charge in [0.05, 0.1) is 25.9 Å². The van der Waals surface area contributed by atoms with E-state index in [0.29, 0.717) is 19.3 Å². The first-order valence-corrected chi connectivity index (χ1v) is 6.80. The van der Waals surface area contributed by atoms with Crippen molar-refractivity contribution in [3.63, 3.8) is 0 Å². The van der Waals surface area contributed by atoms with Crippen molar-refractivity contribution in [2.24, 2.45) is 5.41 Å². The van der Waals surface area contributed by atoms with Crippen molar-refractivity contribution < 1.29 is 9.47 Å². The highest BCUT2D eigenvalue weighted by atomic mass is 16.5. The third-order valence-electron chi connectivity index (χ3n) is 2.65. The summed E-state index contributed by atoms with van der Waals surface area (Å²) in [4.78, 5) is 0. The average molecular weight is 245 g/mol. The Morgan fingerprint density at radius 1 is 1.12 bits per heavy atom. The molecule has 17 heavy (non-hydrogen) atoms. The highest BCUT2D eigenvalue weighted by Gasteiger charge is 2.23. The lowest BCUT2D eigenvalue weighted by Gasteiger charge is -2.31. The molecule has 104 valence electrons. The van der Waals surface area contributed by atoms with Crippen LogP contribution in [0.25, 0.3) is 0 Å². The molecule has 0 spiro atoms. The fourth-order valence-electron chi connectivity index (χ4n) is 1.48. The Bertz CT molecular complexity index is 176. The molecule has 0 aliphatic heterocycles. The van der Waals surface area contributed by atoms with Crippen molar-refractivity contribution in [3.05, 3.63) is 0 Å². The lowest BCUT2D eigenvalue weighted by molar-refractivity contribution is 0.00446. The average Bonchev–Trinajstić information content (AvgIpc) is 2.19. The van der Waals surface area contributed by atoms with E-state index >= 15 is 0 Å². The van der Waals surface area contributed by atoms with Gasteiger partial charge in [0.1, 0.15) is 0 Å². The van der Waals surface area contributed by atoms with Gasteiger partial charge in [-0.3, -0.25) is 0 Å². The maximum absolute atomic E-state index is 5.68. The van der Waals surface area contributed by atoms with Gasteiger partial charge >= 0.3 is 0 Å². The van der Waals surface area contributed by atoms with Crippen LogP contribution in [0, 0.1) is 5.41 Å². The summed E-state index contributed by atoms with van der Waals surface area (Å²) in [5, 5.41) is 3.54. The van der Waals surface area contributed by atoms with E-state index in [2.05, 4.69) is 33.0 Å². The molecular formula is C14H31NO2. The molecule has 0 aliphatic rings. The van der Waals surface area contributed by atoms with Crippen molar-refractivity contribution in [2.75, 3.05) is 26.4 Å². The summed E-state index contributed by atoms with van der Waals surface area (Å²) in [6.07, 6.45) is 1.44. The lowest BCUT2D eigenvalue weighted by Crippen LogP contribution is -2.44. The largest absolute Gasteiger partial charge is 0.377 e. The molecule has 0 bridgehead atoms. The van der Waals surface area contributed by atoms with Gasteiger partial charge in [0.25, 0.3) is 0 Å². The van der Waals surface area contributed by atoms with Crippen molar-refractivity contribution in [3.8, 4) is 0 Å². The molecule has 0 aliphatic carbocycles. The minimum Gasteiger partial charge on any atom is -0.377 e. The molecule has 0 saturated carbocycles. The molecule has 0 aromatic heterocycles. The molecule has 0 fully saturated rings. The van der Waals surface area contributed by atoms with Gasteiger partial charge in [0.2, 0.25) is 0 Å². The molecule has 0 amide bonds. The van der Waals surface area contributed by atoms with Gasteiger partial charge in [-0.2, -0.15) is 0 Å². The fourth-order valence-corrected chi connectivity index (χ4v) is 1.48. The van der Waals surface area contributed by atoms with Crippen LogP contribution in [0.4, 0.5) is 0 Å². The van der Waals surface area contributed by atoms with E-state index in [4.69, 9.17) is 9.47 Å². The number of hydrogen-bond donors (Lipinski definition) is 1. The lowest BCUT2D eigenvalue weighted by atomic mass is 9.87. The number of nitrogens with one attached hydrogen (secondary N) is 1. The molecule has 3 heteroatoms. The quantitative estimate of drug-likeness (QED) is 0.634. The zero-order valence-corrected chi connectivity index (χ0v) is 12.5. The fraction of sp³-hybridized carbons (Fsp3) is 1.00. The first kappa shape index (κ1) is 16.9. The molecule has 3 nitrogen and oxygen atoms in total. The standard InChI is InChI=1S/C14H31NO2/c1-7-8-15-13(14(4,5)6)11-16-9-10-17-12(2)3/h12-13,15H,7-11H2,1-6H3. The molecule has 0 aromatic carbocycles. The molecular weight excluding hydrogens is 214 g/mol. The molecule has 1 unspecified atom stereocenters. The van der Waals surface area contributed by atoms with E-state index in [9.17, 15) is 0 Å². The summed E-state index contributed by atoms with van der Waals surface area (Å²) < 4.78 is 11.1. The molecule has 0 aromatic rings. The Morgan fingerprint density at radius 2 is 1.76 bits per heavy atom. The number of ether oxygens (including phenoxy) is 2. The third kappa shape index (κ3) is 9.57.